The van der Waals surface area contributed by atoms with Gasteiger partial charge in [0.05, 0.1) is 11.3 Å². The van der Waals surface area contributed by atoms with E-state index in [-0.39, 0.29) is 12.4 Å². The fourth-order valence-corrected chi connectivity index (χ4v) is 4.98. The molecular formula is C29H30N4O2. The number of hydrogen-bond donors (Lipinski definition) is 2. The number of phenolic OH excluding ortho intramolecular Hbond substituents is 1. The molecule has 3 aromatic carbocycles. The first-order valence-electron chi connectivity index (χ1n) is 12.5. The summed E-state index contributed by atoms with van der Waals surface area (Å²) >= 11 is 0. The summed E-state index contributed by atoms with van der Waals surface area (Å²) in [4.78, 5) is 7.28. The van der Waals surface area contributed by atoms with Crippen LogP contribution in [-0.4, -0.2) is 44.7 Å². The van der Waals surface area contributed by atoms with E-state index in [0.717, 1.165) is 43.0 Å². The first-order valence-corrected chi connectivity index (χ1v) is 12.5. The van der Waals surface area contributed by atoms with Gasteiger partial charge in [0.2, 0.25) is 0 Å². The monoisotopic (exact) mass is 466 g/mol. The minimum absolute atomic E-state index is 0.171. The SMILES string of the molecule is OCC1CCN(c2ccc(-n3nc(-c4ccccc4O)nc3-c3cccc(C4CC4)c3)cc2)CC1. The number of aliphatic hydroxyl groups is 1. The molecule has 2 aliphatic rings. The Kier molecular flexibility index (Phi) is 5.74. The summed E-state index contributed by atoms with van der Waals surface area (Å²) in [7, 11) is 0. The lowest BCUT2D eigenvalue weighted by molar-refractivity contribution is 0.203. The van der Waals surface area contributed by atoms with Crippen LogP contribution >= 0.6 is 0 Å². The molecule has 0 spiro atoms. The minimum atomic E-state index is 0.171. The molecule has 4 aromatic rings. The van der Waals surface area contributed by atoms with Crippen LogP contribution in [0, 0.1) is 5.92 Å². The zero-order valence-electron chi connectivity index (χ0n) is 19.7. The maximum Gasteiger partial charge on any atom is 0.185 e. The summed E-state index contributed by atoms with van der Waals surface area (Å²) < 4.78 is 1.88. The predicted molar refractivity (Wildman–Crippen MR) is 138 cm³/mol. The summed E-state index contributed by atoms with van der Waals surface area (Å²) in [5.41, 5.74) is 5.11. The van der Waals surface area contributed by atoms with E-state index in [0.29, 0.717) is 23.2 Å². The van der Waals surface area contributed by atoms with E-state index in [4.69, 9.17) is 10.1 Å². The van der Waals surface area contributed by atoms with Gasteiger partial charge in [-0.3, -0.25) is 0 Å². The van der Waals surface area contributed by atoms with E-state index in [1.165, 1.54) is 24.1 Å². The average Bonchev–Trinajstić information content (AvgIpc) is 3.68. The fraction of sp³-hybridized carbons (Fsp3) is 0.310. The maximum atomic E-state index is 10.4. The van der Waals surface area contributed by atoms with Crippen molar-refractivity contribution in [2.24, 2.45) is 5.92 Å². The van der Waals surface area contributed by atoms with Crippen molar-refractivity contribution in [3.05, 3.63) is 78.4 Å². The van der Waals surface area contributed by atoms with E-state index >= 15 is 0 Å². The van der Waals surface area contributed by atoms with Crippen molar-refractivity contribution in [3.8, 4) is 34.2 Å². The van der Waals surface area contributed by atoms with Crippen molar-refractivity contribution in [1.82, 2.24) is 14.8 Å². The lowest BCUT2D eigenvalue weighted by Gasteiger charge is -2.32. The molecule has 0 unspecified atom stereocenters. The van der Waals surface area contributed by atoms with Gasteiger partial charge in [0.15, 0.2) is 11.6 Å². The predicted octanol–water partition coefficient (Wildman–Crippen LogP) is 5.39. The van der Waals surface area contributed by atoms with Crippen LogP contribution in [-0.2, 0) is 0 Å². The molecule has 1 aliphatic heterocycles. The molecule has 0 amide bonds. The number of hydrogen-bond acceptors (Lipinski definition) is 5. The van der Waals surface area contributed by atoms with Gasteiger partial charge in [0, 0.05) is 30.9 Å². The van der Waals surface area contributed by atoms with Gasteiger partial charge in [0.25, 0.3) is 0 Å². The average molecular weight is 467 g/mol. The molecule has 6 heteroatoms. The molecule has 0 radical (unpaired) electrons. The molecule has 0 bridgehead atoms. The molecule has 1 saturated carbocycles. The largest absolute Gasteiger partial charge is 0.507 e. The molecule has 1 aliphatic carbocycles. The zero-order valence-corrected chi connectivity index (χ0v) is 19.7. The summed E-state index contributed by atoms with van der Waals surface area (Å²) in [6, 6.07) is 24.3. The van der Waals surface area contributed by atoms with Crippen molar-refractivity contribution in [2.45, 2.75) is 31.6 Å². The zero-order chi connectivity index (χ0) is 23.8. The van der Waals surface area contributed by atoms with Gasteiger partial charge in [-0.25, -0.2) is 9.67 Å². The normalized spacial score (nSPS) is 16.5. The van der Waals surface area contributed by atoms with Crippen molar-refractivity contribution < 1.29 is 10.2 Å². The highest BCUT2D eigenvalue weighted by Crippen LogP contribution is 2.41. The number of phenols is 1. The number of nitrogens with zero attached hydrogens (tertiary/aromatic N) is 4. The number of aromatic nitrogens is 3. The molecule has 178 valence electrons. The third-order valence-electron chi connectivity index (χ3n) is 7.28. The molecule has 2 N–H and O–H groups in total. The minimum Gasteiger partial charge on any atom is -0.507 e. The standard InChI is InChI=1S/C29H30N4O2/c34-19-20-14-16-32(17-15-20)24-10-12-25(13-11-24)33-29(23-5-3-4-22(18-23)21-8-9-21)30-28(31-33)26-6-1-2-7-27(26)35/h1-7,10-13,18,20-21,34-35H,8-9,14-17,19H2. The molecule has 0 atom stereocenters. The van der Waals surface area contributed by atoms with Gasteiger partial charge >= 0.3 is 0 Å². The Balaban J connectivity index is 1.37. The van der Waals surface area contributed by atoms with Crippen molar-refractivity contribution in [3.63, 3.8) is 0 Å². The Labute approximate surface area is 205 Å². The van der Waals surface area contributed by atoms with Crippen LogP contribution in [0.4, 0.5) is 5.69 Å². The number of para-hydroxylation sites is 1. The highest BCUT2D eigenvalue weighted by molar-refractivity contribution is 5.68. The van der Waals surface area contributed by atoms with Crippen LogP contribution in [0.2, 0.25) is 0 Å². The van der Waals surface area contributed by atoms with Crippen LogP contribution in [0.15, 0.2) is 72.8 Å². The summed E-state index contributed by atoms with van der Waals surface area (Å²) in [6.07, 6.45) is 4.53. The first-order chi connectivity index (χ1) is 17.2. The molecule has 2 fully saturated rings. The summed E-state index contributed by atoms with van der Waals surface area (Å²) in [6.45, 7) is 2.21. The maximum absolute atomic E-state index is 10.4. The lowest BCUT2D eigenvalue weighted by atomic mass is 9.97. The molecule has 6 rings (SSSR count). The third kappa shape index (κ3) is 4.42. The Morgan fingerprint density at radius 3 is 2.29 bits per heavy atom. The Morgan fingerprint density at radius 2 is 1.57 bits per heavy atom. The first kappa shape index (κ1) is 21.9. The summed E-state index contributed by atoms with van der Waals surface area (Å²) in [5.74, 6) is 2.51. The van der Waals surface area contributed by atoms with E-state index in [1.54, 1.807) is 12.1 Å². The van der Waals surface area contributed by atoms with E-state index in [1.807, 2.05) is 16.8 Å². The van der Waals surface area contributed by atoms with Crippen LogP contribution in [0.25, 0.3) is 28.5 Å². The van der Waals surface area contributed by atoms with Gasteiger partial charge < -0.3 is 15.1 Å². The Hall–Kier alpha value is -3.64. The van der Waals surface area contributed by atoms with Gasteiger partial charge in [-0.15, -0.1) is 5.10 Å². The molecule has 2 heterocycles. The number of benzene rings is 3. The second-order valence-corrected chi connectivity index (χ2v) is 9.72. The second-order valence-electron chi connectivity index (χ2n) is 9.72. The molecule has 1 saturated heterocycles. The van der Waals surface area contributed by atoms with Crippen LogP contribution in [0.1, 0.15) is 37.2 Å². The highest BCUT2D eigenvalue weighted by Gasteiger charge is 2.25. The van der Waals surface area contributed by atoms with Gasteiger partial charge in [0.1, 0.15) is 5.75 Å². The van der Waals surface area contributed by atoms with Crippen molar-refractivity contribution >= 4 is 5.69 Å². The second kappa shape index (κ2) is 9.19. The van der Waals surface area contributed by atoms with E-state index < -0.39 is 0 Å². The lowest BCUT2D eigenvalue weighted by Crippen LogP contribution is -2.34. The molecule has 35 heavy (non-hydrogen) atoms. The highest BCUT2D eigenvalue weighted by atomic mass is 16.3. The van der Waals surface area contributed by atoms with Crippen LogP contribution in [0.3, 0.4) is 0 Å². The van der Waals surface area contributed by atoms with E-state index in [2.05, 4.69) is 53.4 Å². The van der Waals surface area contributed by atoms with Gasteiger partial charge in [-0.2, -0.15) is 0 Å². The van der Waals surface area contributed by atoms with Crippen molar-refractivity contribution in [1.29, 1.82) is 0 Å². The Morgan fingerprint density at radius 1 is 0.829 bits per heavy atom. The molecule has 1 aromatic heterocycles. The number of anilines is 1. The smallest absolute Gasteiger partial charge is 0.185 e. The van der Waals surface area contributed by atoms with Crippen molar-refractivity contribution in [2.75, 3.05) is 24.6 Å². The number of piperidine rings is 1. The van der Waals surface area contributed by atoms with Crippen LogP contribution < -0.4 is 4.90 Å². The molecule has 6 nitrogen and oxygen atoms in total. The fourth-order valence-electron chi connectivity index (χ4n) is 4.98. The topological polar surface area (TPSA) is 74.4 Å². The summed E-state index contributed by atoms with van der Waals surface area (Å²) in [5, 5.41) is 24.7. The van der Waals surface area contributed by atoms with Gasteiger partial charge in [-0.1, -0.05) is 30.3 Å². The van der Waals surface area contributed by atoms with E-state index in [9.17, 15) is 10.2 Å². The number of aliphatic hydroxyl groups excluding tert-OH is 1. The Bertz CT molecular complexity index is 1320. The molecular weight excluding hydrogens is 436 g/mol. The number of aromatic hydroxyl groups is 1. The number of rotatable bonds is 6. The quantitative estimate of drug-likeness (QED) is 0.398. The van der Waals surface area contributed by atoms with Crippen LogP contribution in [0.5, 0.6) is 5.75 Å². The van der Waals surface area contributed by atoms with Gasteiger partial charge in [-0.05, 0) is 85.5 Å². The third-order valence-corrected chi connectivity index (χ3v) is 7.28.